The van der Waals surface area contributed by atoms with Crippen LogP contribution in [0.2, 0.25) is 0 Å². The Morgan fingerprint density at radius 1 is 1.47 bits per heavy atom. The van der Waals surface area contributed by atoms with Gasteiger partial charge in [0.25, 0.3) is 5.91 Å². The van der Waals surface area contributed by atoms with E-state index in [0.717, 1.165) is 16.7 Å². The van der Waals surface area contributed by atoms with Crippen molar-refractivity contribution in [1.29, 1.82) is 0 Å². The van der Waals surface area contributed by atoms with Crippen LogP contribution in [0.25, 0.3) is 0 Å². The van der Waals surface area contributed by atoms with Crippen molar-refractivity contribution in [2.24, 2.45) is 0 Å². The molecular weight excluding hydrogens is 312 g/mol. The third-order valence-corrected chi connectivity index (χ3v) is 3.04. The van der Waals surface area contributed by atoms with Crippen LogP contribution in [0.15, 0.2) is 29.0 Å². The lowest BCUT2D eigenvalue weighted by Crippen LogP contribution is -2.24. The fraction of sp³-hybridized carbons (Fsp3) is 0.250. The number of phenols is 1. The van der Waals surface area contributed by atoms with Gasteiger partial charge in [-0.1, -0.05) is 15.9 Å². The van der Waals surface area contributed by atoms with Crippen molar-refractivity contribution in [2.75, 3.05) is 6.54 Å². The minimum atomic E-state index is -0.289. The van der Waals surface area contributed by atoms with Crippen molar-refractivity contribution >= 4 is 21.8 Å². The van der Waals surface area contributed by atoms with Crippen LogP contribution >= 0.6 is 15.9 Å². The third-order valence-electron chi connectivity index (χ3n) is 2.55. The Labute approximate surface area is 118 Å². The van der Waals surface area contributed by atoms with Crippen LogP contribution in [-0.2, 0) is 6.42 Å². The van der Waals surface area contributed by atoms with Crippen molar-refractivity contribution in [2.45, 2.75) is 12.8 Å². The van der Waals surface area contributed by atoms with Gasteiger partial charge in [-0.3, -0.25) is 9.89 Å². The highest BCUT2D eigenvalue weighted by atomic mass is 79.9. The molecule has 100 valence electrons. The minimum Gasteiger partial charge on any atom is -0.507 e. The molecule has 7 heteroatoms. The first kappa shape index (κ1) is 13.5. The van der Waals surface area contributed by atoms with Crippen LogP contribution in [0.4, 0.5) is 0 Å². The largest absolute Gasteiger partial charge is 0.507 e. The second-order valence-electron chi connectivity index (χ2n) is 3.95. The van der Waals surface area contributed by atoms with E-state index >= 15 is 0 Å². The molecule has 0 bridgehead atoms. The molecular formula is C12H13BrN4O2. The molecule has 0 saturated carbocycles. The summed E-state index contributed by atoms with van der Waals surface area (Å²) < 4.78 is 0.729. The highest BCUT2D eigenvalue weighted by Crippen LogP contribution is 2.21. The average Bonchev–Trinajstić information content (AvgIpc) is 2.87. The van der Waals surface area contributed by atoms with Gasteiger partial charge < -0.3 is 10.4 Å². The molecule has 19 heavy (non-hydrogen) atoms. The maximum Gasteiger partial charge on any atom is 0.255 e. The number of aromatic nitrogens is 3. The number of hydrogen-bond donors (Lipinski definition) is 3. The van der Waals surface area contributed by atoms with Gasteiger partial charge in [0, 0.05) is 17.4 Å². The molecule has 1 aromatic heterocycles. The highest BCUT2D eigenvalue weighted by Gasteiger charge is 2.10. The Morgan fingerprint density at radius 3 is 3.00 bits per heavy atom. The summed E-state index contributed by atoms with van der Waals surface area (Å²) in [6, 6.07) is 4.78. The maximum atomic E-state index is 11.8. The fourth-order valence-corrected chi connectivity index (χ4v) is 1.95. The first-order valence-corrected chi connectivity index (χ1v) is 6.57. The van der Waals surface area contributed by atoms with Gasteiger partial charge in [-0.05, 0) is 24.6 Å². The molecule has 0 saturated heterocycles. The van der Waals surface area contributed by atoms with Crippen molar-refractivity contribution in [3.05, 3.63) is 40.4 Å². The van der Waals surface area contributed by atoms with Gasteiger partial charge in [0.05, 0.1) is 5.56 Å². The molecule has 0 atom stereocenters. The van der Waals surface area contributed by atoms with Crippen molar-refractivity contribution in [3.8, 4) is 5.75 Å². The van der Waals surface area contributed by atoms with E-state index in [2.05, 4.69) is 36.4 Å². The van der Waals surface area contributed by atoms with Gasteiger partial charge in [-0.2, -0.15) is 5.10 Å². The first-order valence-electron chi connectivity index (χ1n) is 5.78. The van der Waals surface area contributed by atoms with Gasteiger partial charge >= 0.3 is 0 Å². The van der Waals surface area contributed by atoms with Gasteiger partial charge in [0.2, 0.25) is 0 Å². The second-order valence-corrected chi connectivity index (χ2v) is 4.87. The SMILES string of the molecule is O=C(NCCCc1ncn[nH]1)c1ccc(Br)cc1O. The van der Waals surface area contributed by atoms with Gasteiger partial charge in [0.15, 0.2) is 0 Å². The zero-order valence-corrected chi connectivity index (χ0v) is 11.6. The summed E-state index contributed by atoms with van der Waals surface area (Å²) in [5.41, 5.74) is 0.267. The molecule has 1 amide bonds. The molecule has 2 aromatic rings. The topological polar surface area (TPSA) is 90.9 Å². The maximum absolute atomic E-state index is 11.8. The standard InChI is InChI=1S/C12H13BrN4O2/c13-8-3-4-9(10(18)6-8)12(19)14-5-1-2-11-15-7-16-17-11/h3-4,6-7,18H,1-2,5H2,(H,14,19)(H,15,16,17). The number of rotatable bonds is 5. The summed E-state index contributed by atoms with van der Waals surface area (Å²) >= 11 is 3.22. The number of aryl methyl sites for hydroxylation is 1. The van der Waals surface area contributed by atoms with E-state index < -0.39 is 0 Å². The smallest absolute Gasteiger partial charge is 0.255 e. The van der Waals surface area contributed by atoms with Crippen LogP contribution < -0.4 is 5.32 Å². The predicted molar refractivity (Wildman–Crippen MR) is 72.8 cm³/mol. The van der Waals surface area contributed by atoms with Crippen LogP contribution in [0.1, 0.15) is 22.6 Å². The lowest BCUT2D eigenvalue weighted by molar-refractivity contribution is 0.0950. The number of aromatic amines is 1. The summed E-state index contributed by atoms with van der Waals surface area (Å²) in [5, 5.41) is 18.9. The quantitative estimate of drug-likeness (QED) is 0.729. The summed E-state index contributed by atoms with van der Waals surface area (Å²) in [5.74, 6) is 0.463. The summed E-state index contributed by atoms with van der Waals surface area (Å²) in [6.07, 6.45) is 2.92. The molecule has 6 nitrogen and oxygen atoms in total. The van der Waals surface area contributed by atoms with Crippen LogP contribution in [0.5, 0.6) is 5.75 Å². The van der Waals surface area contributed by atoms with E-state index in [0.29, 0.717) is 13.0 Å². The molecule has 0 radical (unpaired) electrons. The number of amides is 1. The first-order chi connectivity index (χ1) is 9.16. The van der Waals surface area contributed by atoms with E-state index in [9.17, 15) is 9.90 Å². The molecule has 0 aliphatic carbocycles. The van der Waals surface area contributed by atoms with Gasteiger partial charge in [0.1, 0.15) is 17.9 Å². The Balaban J connectivity index is 1.81. The second kappa shape index (κ2) is 6.33. The number of carbonyl (C=O) groups is 1. The molecule has 1 heterocycles. The normalized spacial score (nSPS) is 10.4. The number of halogens is 1. The minimum absolute atomic E-state index is 0.0397. The van der Waals surface area contributed by atoms with Crippen LogP contribution in [0.3, 0.4) is 0 Å². The summed E-state index contributed by atoms with van der Waals surface area (Å²) in [7, 11) is 0. The van der Waals surface area contributed by atoms with Gasteiger partial charge in [-0.15, -0.1) is 0 Å². The molecule has 2 rings (SSSR count). The van der Waals surface area contributed by atoms with Crippen LogP contribution in [-0.4, -0.2) is 32.7 Å². The lowest BCUT2D eigenvalue weighted by atomic mass is 10.2. The summed E-state index contributed by atoms with van der Waals surface area (Å²) in [6.45, 7) is 0.509. The monoisotopic (exact) mass is 324 g/mol. The Bertz CT molecular complexity index is 557. The van der Waals surface area contributed by atoms with E-state index in [1.54, 1.807) is 12.1 Å². The zero-order chi connectivity index (χ0) is 13.7. The van der Waals surface area contributed by atoms with Gasteiger partial charge in [-0.25, -0.2) is 4.98 Å². The fourth-order valence-electron chi connectivity index (χ4n) is 1.60. The Kier molecular flexibility index (Phi) is 4.51. The number of carbonyl (C=O) groups excluding carboxylic acids is 1. The van der Waals surface area contributed by atoms with Crippen LogP contribution in [0, 0.1) is 0 Å². The van der Waals surface area contributed by atoms with Crippen molar-refractivity contribution < 1.29 is 9.90 Å². The van der Waals surface area contributed by atoms with E-state index in [-0.39, 0.29) is 17.2 Å². The number of H-pyrrole nitrogens is 1. The number of aromatic hydroxyl groups is 1. The Hall–Kier alpha value is -1.89. The molecule has 1 aromatic carbocycles. The predicted octanol–water partition coefficient (Wildman–Crippen LogP) is 1.64. The number of hydrogen-bond acceptors (Lipinski definition) is 4. The van der Waals surface area contributed by atoms with E-state index in [1.165, 1.54) is 12.4 Å². The average molecular weight is 325 g/mol. The number of benzene rings is 1. The van der Waals surface area contributed by atoms with Crippen molar-refractivity contribution in [1.82, 2.24) is 20.5 Å². The number of phenolic OH excluding ortho intramolecular Hbond substituents is 1. The lowest BCUT2D eigenvalue weighted by Gasteiger charge is -2.06. The number of nitrogens with one attached hydrogen (secondary N) is 2. The highest BCUT2D eigenvalue weighted by molar-refractivity contribution is 9.10. The summed E-state index contributed by atoms with van der Waals surface area (Å²) in [4.78, 5) is 15.8. The molecule has 0 spiro atoms. The van der Waals surface area contributed by atoms with E-state index in [4.69, 9.17) is 0 Å². The molecule has 3 N–H and O–H groups in total. The molecule has 0 unspecified atom stereocenters. The zero-order valence-electron chi connectivity index (χ0n) is 10.1. The molecule has 0 aliphatic heterocycles. The third kappa shape index (κ3) is 3.78. The van der Waals surface area contributed by atoms with Crippen molar-refractivity contribution in [3.63, 3.8) is 0 Å². The van der Waals surface area contributed by atoms with E-state index in [1.807, 2.05) is 0 Å². The molecule has 0 aliphatic rings. The Morgan fingerprint density at radius 2 is 2.32 bits per heavy atom. The molecule has 0 fully saturated rings. The number of nitrogens with zero attached hydrogens (tertiary/aromatic N) is 2.